The van der Waals surface area contributed by atoms with Crippen LogP contribution in [0.4, 0.5) is 0 Å². The first-order valence-corrected chi connectivity index (χ1v) is 25.4. The quantitative estimate of drug-likeness (QED) is 0.0349. The van der Waals surface area contributed by atoms with E-state index in [9.17, 15) is 9.59 Å². The SMILES string of the molecule is CCCCCCCCCCCCCCOC(=O)[C@H](CCC(=O)OC(CCCCCCCCCCCCCC)CCCCCCCCCCCCCC)[N+](C)(C)C.[Cl-]. The van der Waals surface area contributed by atoms with Gasteiger partial charge in [-0.3, -0.25) is 4.79 Å². The van der Waals surface area contributed by atoms with Gasteiger partial charge in [-0.15, -0.1) is 0 Å². The van der Waals surface area contributed by atoms with Crippen molar-refractivity contribution in [2.45, 2.75) is 290 Å². The molecular formula is C51H102ClNO4. The Hall–Kier alpha value is -0.810. The third kappa shape index (κ3) is 41.7. The van der Waals surface area contributed by atoms with Gasteiger partial charge in [0.15, 0.2) is 6.04 Å². The molecule has 57 heavy (non-hydrogen) atoms. The number of hydrogen-bond donors (Lipinski definition) is 0. The Labute approximate surface area is 364 Å². The Morgan fingerprint density at radius 2 is 0.684 bits per heavy atom. The summed E-state index contributed by atoms with van der Waals surface area (Å²) in [6, 6.07) is -0.356. The number of ether oxygens (including phenoxy) is 2. The molecule has 0 radical (unpaired) electrons. The van der Waals surface area contributed by atoms with Crippen LogP contribution in [0.5, 0.6) is 0 Å². The lowest BCUT2D eigenvalue weighted by Gasteiger charge is -2.32. The first-order valence-electron chi connectivity index (χ1n) is 25.4. The number of likely N-dealkylation sites (N-methyl/N-ethyl adjacent to an activating group) is 1. The summed E-state index contributed by atoms with van der Waals surface area (Å²) in [4.78, 5) is 26.5. The van der Waals surface area contributed by atoms with Crippen molar-refractivity contribution in [1.82, 2.24) is 0 Å². The summed E-state index contributed by atoms with van der Waals surface area (Å²) in [7, 11) is 6.10. The molecule has 0 unspecified atom stereocenters. The zero-order valence-electron chi connectivity index (χ0n) is 39.6. The summed E-state index contributed by atoms with van der Waals surface area (Å²) in [5.41, 5.74) is 0. The van der Waals surface area contributed by atoms with Gasteiger partial charge in [0.05, 0.1) is 34.2 Å². The van der Waals surface area contributed by atoms with Gasteiger partial charge < -0.3 is 26.4 Å². The van der Waals surface area contributed by atoms with E-state index in [4.69, 9.17) is 9.47 Å². The van der Waals surface area contributed by atoms with Crippen molar-refractivity contribution in [2.75, 3.05) is 27.7 Å². The van der Waals surface area contributed by atoms with Crippen molar-refractivity contribution in [2.24, 2.45) is 0 Å². The number of nitrogens with zero attached hydrogens (tertiary/aromatic N) is 1. The highest BCUT2D eigenvalue weighted by molar-refractivity contribution is 5.76. The third-order valence-corrected chi connectivity index (χ3v) is 12.1. The first-order chi connectivity index (χ1) is 27.3. The molecule has 0 rings (SSSR count). The minimum atomic E-state index is -0.356. The fourth-order valence-corrected chi connectivity index (χ4v) is 8.22. The molecule has 0 bridgehead atoms. The average molecular weight is 829 g/mol. The summed E-state index contributed by atoms with van der Waals surface area (Å²) in [5, 5.41) is 0. The summed E-state index contributed by atoms with van der Waals surface area (Å²) >= 11 is 0. The molecule has 0 aliphatic carbocycles. The molecule has 0 aliphatic rings. The summed E-state index contributed by atoms with van der Waals surface area (Å²) in [6.07, 6.45) is 50.3. The molecule has 0 N–H and O–H groups in total. The number of halogens is 1. The van der Waals surface area contributed by atoms with Crippen molar-refractivity contribution < 1.29 is 36.0 Å². The standard InChI is InChI=1S/C51H102NO4.ClH/c1-7-10-13-16-19-22-25-28-31-34-37-40-43-48(44-41-38-35-32-29-26-23-20-17-14-11-8-2)56-50(53)46-45-49(52(4,5)6)51(54)55-47-42-39-36-33-30-27-24-21-18-15-12-9-3;/h48-49H,7-47H2,1-6H3;1H/q+1;/p-1/t49-;/m0./s1. The normalized spacial score (nSPS) is 12.2. The third-order valence-electron chi connectivity index (χ3n) is 12.1. The summed E-state index contributed by atoms with van der Waals surface area (Å²) in [6.45, 7) is 7.33. The van der Waals surface area contributed by atoms with Crippen molar-refractivity contribution >= 4 is 11.9 Å². The smallest absolute Gasteiger partial charge is 0.364 e. The van der Waals surface area contributed by atoms with E-state index in [-0.39, 0.29) is 42.9 Å². The molecule has 0 heterocycles. The monoisotopic (exact) mass is 828 g/mol. The minimum Gasteiger partial charge on any atom is -1.00 e. The number of carbonyl (C=O) groups is 2. The highest BCUT2D eigenvalue weighted by atomic mass is 35.5. The van der Waals surface area contributed by atoms with Crippen LogP contribution in [0.3, 0.4) is 0 Å². The van der Waals surface area contributed by atoms with Crippen molar-refractivity contribution in [1.29, 1.82) is 0 Å². The summed E-state index contributed by atoms with van der Waals surface area (Å²) in [5.74, 6) is -0.307. The molecule has 0 saturated heterocycles. The van der Waals surface area contributed by atoms with Gasteiger partial charge in [0, 0.05) is 6.42 Å². The first kappa shape index (κ1) is 58.3. The lowest BCUT2D eigenvalue weighted by atomic mass is 10.0. The van der Waals surface area contributed by atoms with Crippen molar-refractivity contribution in [3.05, 3.63) is 0 Å². The fraction of sp³-hybridized carbons (Fsp3) is 0.961. The van der Waals surface area contributed by atoms with Crippen LogP contribution < -0.4 is 12.4 Å². The fourth-order valence-electron chi connectivity index (χ4n) is 8.22. The summed E-state index contributed by atoms with van der Waals surface area (Å²) < 4.78 is 12.4. The van der Waals surface area contributed by atoms with E-state index in [2.05, 4.69) is 20.8 Å². The molecule has 0 aliphatic heterocycles. The van der Waals surface area contributed by atoms with Gasteiger partial charge in [0.25, 0.3) is 0 Å². The number of rotatable bonds is 45. The Balaban J connectivity index is 0. The average Bonchev–Trinajstić information content (AvgIpc) is 3.16. The predicted octanol–water partition coefficient (Wildman–Crippen LogP) is 13.2. The molecule has 1 atom stereocenters. The minimum absolute atomic E-state index is 0. The van der Waals surface area contributed by atoms with E-state index in [1.807, 2.05) is 21.1 Å². The van der Waals surface area contributed by atoms with Gasteiger partial charge in [0.1, 0.15) is 6.10 Å². The number of esters is 2. The molecule has 0 aromatic rings. The Kier molecular flexibility index (Phi) is 45.7. The second kappa shape index (κ2) is 44.7. The van der Waals surface area contributed by atoms with Gasteiger partial charge in [-0.25, -0.2) is 4.79 Å². The lowest BCUT2D eigenvalue weighted by Crippen LogP contribution is -3.00. The van der Waals surface area contributed by atoms with Crippen LogP contribution in [0, 0.1) is 0 Å². The number of carbonyl (C=O) groups excluding carboxylic acids is 2. The van der Waals surface area contributed by atoms with Crippen molar-refractivity contribution in [3.8, 4) is 0 Å². The highest BCUT2D eigenvalue weighted by Gasteiger charge is 2.34. The second-order valence-electron chi connectivity index (χ2n) is 18.7. The van der Waals surface area contributed by atoms with Gasteiger partial charge in [-0.05, 0) is 32.1 Å². The zero-order chi connectivity index (χ0) is 41.2. The lowest BCUT2D eigenvalue weighted by molar-refractivity contribution is -0.887. The highest BCUT2D eigenvalue weighted by Crippen LogP contribution is 2.21. The van der Waals surface area contributed by atoms with E-state index in [1.165, 1.54) is 205 Å². The van der Waals surface area contributed by atoms with Crippen LogP contribution in [-0.4, -0.2) is 56.3 Å². The topological polar surface area (TPSA) is 52.6 Å². The second-order valence-corrected chi connectivity index (χ2v) is 18.7. The van der Waals surface area contributed by atoms with Crippen LogP contribution >= 0.6 is 0 Å². The van der Waals surface area contributed by atoms with Crippen molar-refractivity contribution in [3.63, 3.8) is 0 Å². The molecule has 0 amide bonds. The van der Waals surface area contributed by atoms with Gasteiger partial charge in [-0.1, -0.05) is 233 Å². The molecule has 6 heteroatoms. The zero-order valence-corrected chi connectivity index (χ0v) is 40.4. The largest absolute Gasteiger partial charge is 1.00 e. The van der Waals surface area contributed by atoms with E-state index in [0.717, 1.165) is 38.5 Å². The Bertz CT molecular complexity index is 803. The van der Waals surface area contributed by atoms with Crippen LogP contribution in [0.2, 0.25) is 0 Å². The van der Waals surface area contributed by atoms with Crippen LogP contribution in [-0.2, 0) is 19.1 Å². The number of quaternary nitrogens is 1. The molecule has 0 spiro atoms. The Morgan fingerprint density at radius 1 is 0.404 bits per heavy atom. The number of hydrogen-bond acceptors (Lipinski definition) is 4. The molecular weight excluding hydrogens is 726 g/mol. The maximum absolute atomic E-state index is 13.2. The maximum atomic E-state index is 13.2. The maximum Gasteiger partial charge on any atom is 0.364 e. The molecule has 0 saturated carbocycles. The van der Waals surface area contributed by atoms with E-state index >= 15 is 0 Å². The molecule has 0 aromatic heterocycles. The molecule has 0 fully saturated rings. The predicted molar refractivity (Wildman–Crippen MR) is 244 cm³/mol. The van der Waals surface area contributed by atoms with E-state index in [1.54, 1.807) is 0 Å². The van der Waals surface area contributed by atoms with Gasteiger partial charge >= 0.3 is 11.9 Å². The van der Waals surface area contributed by atoms with Crippen LogP contribution in [0.25, 0.3) is 0 Å². The van der Waals surface area contributed by atoms with Crippen LogP contribution in [0.15, 0.2) is 0 Å². The van der Waals surface area contributed by atoms with Gasteiger partial charge in [-0.2, -0.15) is 0 Å². The van der Waals surface area contributed by atoms with Gasteiger partial charge in [0.2, 0.25) is 0 Å². The molecule has 5 nitrogen and oxygen atoms in total. The van der Waals surface area contributed by atoms with E-state index < -0.39 is 0 Å². The number of unbranched alkanes of at least 4 members (excludes halogenated alkanes) is 33. The molecule has 342 valence electrons. The Morgan fingerprint density at radius 3 is 0.982 bits per heavy atom. The van der Waals surface area contributed by atoms with E-state index in [0.29, 0.717) is 17.5 Å². The van der Waals surface area contributed by atoms with Crippen LogP contribution in [0.1, 0.15) is 278 Å². The molecule has 0 aromatic carbocycles.